The van der Waals surface area contributed by atoms with E-state index in [1.54, 1.807) is 25.1 Å². The van der Waals surface area contributed by atoms with Crippen LogP contribution in [0.2, 0.25) is 0 Å². The Bertz CT molecular complexity index is 394. The smallest absolute Gasteiger partial charge is 0.224 e. The van der Waals surface area contributed by atoms with Crippen LogP contribution in [-0.4, -0.2) is 32.5 Å². The fourth-order valence-electron chi connectivity index (χ4n) is 1.69. The molecule has 0 saturated carbocycles. The van der Waals surface area contributed by atoms with Crippen molar-refractivity contribution in [1.82, 2.24) is 5.32 Å². The molecule has 1 aromatic rings. The summed E-state index contributed by atoms with van der Waals surface area (Å²) >= 11 is 0. The number of halogens is 1. The summed E-state index contributed by atoms with van der Waals surface area (Å²) in [6, 6.07) is 5.90. The zero-order valence-corrected chi connectivity index (χ0v) is 10.8. The van der Waals surface area contributed by atoms with Crippen LogP contribution < -0.4 is 5.32 Å². The van der Waals surface area contributed by atoms with Crippen LogP contribution >= 0.6 is 0 Å². The summed E-state index contributed by atoms with van der Waals surface area (Å²) in [5.74, 6) is -0.651. The molecule has 0 aliphatic rings. The second-order valence-corrected chi connectivity index (χ2v) is 3.96. The number of hydrogen-bond donors (Lipinski definition) is 1. The van der Waals surface area contributed by atoms with Crippen LogP contribution in [0.1, 0.15) is 12.5 Å². The summed E-state index contributed by atoms with van der Waals surface area (Å²) in [6.07, 6.45) is -0.522. The van der Waals surface area contributed by atoms with Crippen LogP contribution in [0.4, 0.5) is 4.39 Å². The molecule has 100 valence electrons. The van der Waals surface area contributed by atoms with Crippen LogP contribution in [0, 0.1) is 5.82 Å². The van der Waals surface area contributed by atoms with E-state index in [9.17, 15) is 9.18 Å². The lowest BCUT2D eigenvalue weighted by atomic mass is 10.1. The Balaban J connectivity index is 2.54. The molecule has 4 nitrogen and oxygen atoms in total. The fraction of sp³-hybridized carbons (Fsp3) is 0.462. The molecule has 1 atom stereocenters. The second-order valence-electron chi connectivity index (χ2n) is 3.96. The molecule has 18 heavy (non-hydrogen) atoms. The Labute approximate surface area is 106 Å². The molecule has 0 saturated heterocycles. The minimum absolute atomic E-state index is 0.00282. The van der Waals surface area contributed by atoms with Crippen LogP contribution in [0.15, 0.2) is 24.3 Å². The summed E-state index contributed by atoms with van der Waals surface area (Å²) in [5, 5.41) is 2.70. The third kappa shape index (κ3) is 4.09. The molecule has 0 aromatic heterocycles. The highest BCUT2D eigenvalue weighted by Gasteiger charge is 2.18. The first-order chi connectivity index (χ1) is 8.58. The van der Waals surface area contributed by atoms with Gasteiger partial charge in [-0.2, -0.15) is 0 Å². The summed E-state index contributed by atoms with van der Waals surface area (Å²) in [5.41, 5.74) is 0.369. The lowest BCUT2D eigenvalue weighted by Crippen LogP contribution is -2.43. The van der Waals surface area contributed by atoms with Gasteiger partial charge in [0.1, 0.15) is 5.82 Å². The van der Waals surface area contributed by atoms with Crippen molar-refractivity contribution in [2.24, 2.45) is 0 Å². The molecular weight excluding hydrogens is 237 g/mol. The van der Waals surface area contributed by atoms with Gasteiger partial charge >= 0.3 is 0 Å². The number of benzene rings is 1. The molecule has 0 bridgehead atoms. The molecule has 0 fully saturated rings. The van der Waals surface area contributed by atoms with E-state index in [-0.39, 0.29) is 24.2 Å². The van der Waals surface area contributed by atoms with E-state index in [2.05, 4.69) is 5.32 Å². The first kappa shape index (κ1) is 14.6. The molecular formula is C13H18FNO3. The van der Waals surface area contributed by atoms with Crippen LogP contribution in [0.5, 0.6) is 0 Å². The molecule has 1 aromatic carbocycles. The largest absolute Gasteiger partial charge is 0.354 e. The molecule has 1 rings (SSSR count). The Hall–Kier alpha value is -1.46. The summed E-state index contributed by atoms with van der Waals surface area (Å²) < 4.78 is 23.4. The molecule has 0 aliphatic carbocycles. The van der Waals surface area contributed by atoms with Gasteiger partial charge in [-0.3, -0.25) is 4.79 Å². The summed E-state index contributed by atoms with van der Waals surface area (Å²) in [4.78, 5) is 11.7. The standard InChI is InChI=1S/C13H18FNO3/c1-9(13(17-2)18-3)15-12(16)8-10-6-4-5-7-11(10)14/h4-7,9,13H,8H2,1-3H3,(H,15,16). The number of nitrogens with one attached hydrogen (secondary N) is 1. The lowest BCUT2D eigenvalue weighted by molar-refractivity contribution is -0.135. The minimum atomic E-state index is -0.519. The van der Waals surface area contributed by atoms with E-state index in [1.807, 2.05) is 0 Å². The SMILES string of the molecule is COC(OC)C(C)NC(=O)Cc1ccccc1F. The van der Waals surface area contributed by atoms with Crippen LogP contribution in [0.25, 0.3) is 0 Å². The Morgan fingerprint density at radius 1 is 1.33 bits per heavy atom. The minimum Gasteiger partial charge on any atom is -0.354 e. The molecule has 0 heterocycles. The predicted octanol–water partition coefficient (Wildman–Crippen LogP) is 1.49. The Morgan fingerprint density at radius 2 is 1.94 bits per heavy atom. The van der Waals surface area contributed by atoms with Crippen molar-refractivity contribution in [1.29, 1.82) is 0 Å². The van der Waals surface area contributed by atoms with Gasteiger partial charge in [0.2, 0.25) is 5.91 Å². The maximum absolute atomic E-state index is 13.3. The average molecular weight is 255 g/mol. The monoisotopic (exact) mass is 255 g/mol. The Kier molecular flexibility index (Phi) is 5.74. The van der Waals surface area contributed by atoms with Gasteiger partial charge in [0, 0.05) is 14.2 Å². The number of carbonyl (C=O) groups is 1. The van der Waals surface area contributed by atoms with E-state index in [0.717, 1.165) is 0 Å². The van der Waals surface area contributed by atoms with E-state index >= 15 is 0 Å². The van der Waals surface area contributed by atoms with E-state index < -0.39 is 6.29 Å². The first-order valence-corrected chi connectivity index (χ1v) is 5.66. The second kappa shape index (κ2) is 7.08. The number of ether oxygens (including phenoxy) is 2. The van der Waals surface area contributed by atoms with Gasteiger partial charge in [0.25, 0.3) is 0 Å². The van der Waals surface area contributed by atoms with Gasteiger partial charge in [-0.15, -0.1) is 0 Å². The van der Waals surface area contributed by atoms with Crippen molar-refractivity contribution >= 4 is 5.91 Å². The maximum atomic E-state index is 13.3. The summed E-state index contributed by atoms with van der Waals surface area (Å²) in [7, 11) is 2.99. The fourth-order valence-corrected chi connectivity index (χ4v) is 1.69. The van der Waals surface area contributed by atoms with Gasteiger partial charge in [-0.25, -0.2) is 4.39 Å². The first-order valence-electron chi connectivity index (χ1n) is 5.66. The van der Waals surface area contributed by atoms with Gasteiger partial charge < -0.3 is 14.8 Å². The normalized spacial score (nSPS) is 12.5. The van der Waals surface area contributed by atoms with Crippen molar-refractivity contribution in [3.05, 3.63) is 35.6 Å². The zero-order chi connectivity index (χ0) is 13.5. The highest BCUT2D eigenvalue weighted by atomic mass is 19.1. The number of carbonyl (C=O) groups excluding carboxylic acids is 1. The van der Waals surface area contributed by atoms with Crippen LogP contribution in [-0.2, 0) is 20.7 Å². The highest BCUT2D eigenvalue weighted by molar-refractivity contribution is 5.78. The number of hydrogen-bond acceptors (Lipinski definition) is 3. The van der Waals surface area contributed by atoms with E-state index in [4.69, 9.17) is 9.47 Å². The average Bonchev–Trinajstić information content (AvgIpc) is 2.33. The van der Waals surface area contributed by atoms with Crippen molar-refractivity contribution < 1.29 is 18.7 Å². The zero-order valence-electron chi connectivity index (χ0n) is 10.8. The van der Waals surface area contributed by atoms with Gasteiger partial charge in [0.15, 0.2) is 6.29 Å². The molecule has 0 aliphatic heterocycles. The molecule has 1 unspecified atom stereocenters. The molecule has 5 heteroatoms. The number of rotatable bonds is 6. The predicted molar refractivity (Wildman–Crippen MR) is 65.5 cm³/mol. The van der Waals surface area contributed by atoms with Crippen molar-refractivity contribution in [2.75, 3.05) is 14.2 Å². The molecule has 0 radical (unpaired) electrons. The molecule has 1 N–H and O–H groups in total. The highest BCUT2D eigenvalue weighted by Crippen LogP contribution is 2.07. The maximum Gasteiger partial charge on any atom is 0.224 e. The van der Waals surface area contributed by atoms with E-state index in [1.165, 1.54) is 20.3 Å². The van der Waals surface area contributed by atoms with Crippen molar-refractivity contribution in [2.45, 2.75) is 25.7 Å². The third-order valence-electron chi connectivity index (χ3n) is 2.57. The van der Waals surface area contributed by atoms with Crippen LogP contribution in [0.3, 0.4) is 0 Å². The quantitative estimate of drug-likeness (QED) is 0.783. The molecule has 0 spiro atoms. The topological polar surface area (TPSA) is 47.6 Å². The van der Waals surface area contributed by atoms with Crippen molar-refractivity contribution in [3.63, 3.8) is 0 Å². The van der Waals surface area contributed by atoms with E-state index in [0.29, 0.717) is 5.56 Å². The Morgan fingerprint density at radius 3 is 2.50 bits per heavy atom. The molecule has 1 amide bonds. The van der Waals surface area contributed by atoms with Crippen molar-refractivity contribution in [3.8, 4) is 0 Å². The van der Waals surface area contributed by atoms with Gasteiger partial charge in [0.05, 0.1) is 12.5 Å². The number of methoxy groups -OCH3 is 2. The number of amides is 1. The van der Waals surface area contributed by atoms with Gasteiger partial charge in [-0.05, 0) is 18.6 Å². The summed E-state index contributed by atoms with van der Waals surface area (Å²) in [6.45, 7) is 1.76. The van der Waals surface area contributed by atoms with Gasteiger partial charge in [-0.1, -0.05) is 18.2 Å². The lowest BCUT2D eigenvalue weighted by Gasteiger charge is -2.22. The third-order valence-corrected chi connectivity index (χ3v) is 2.57.